The van der Waals surface area contributed by atoms with E-state index < -0.39 is 0 Å². The summed E-state index contributed by atoms with van der Waals surface area (Å²) in [7, 11) is 0. The molecule has 0 aromatic rings. The molecule has 8 heavy (non-hydrogen) atoms. The Bertz CT molecular complexity index is 55.4. The minimum Gasteiger partial charge on any atom is -0.126 e. The third-order valence-corrected chi connectivity index (χ3v) is 2.18. The molecule has 0 aliphatic heterocycles. The molecule has 0 heterocycles. The minimum atomic E-state index is 0.797. The van der Waals surface area contributed by atoms with Crippen molar-refractivity contribution in [2.45, 2.75) is 25.7 Å². The molecule has 1 fully saturated rings. The maximum atomic E-state index is 5.66. The third-order valence-electron chi connectivity index (χ3n) is 1.74. The Morgan fingerprint density at radius 1 is 1.62 bits per heavy atom. The Balaban J connectivity index is 2.13. The zero-order valence-electron chi connectivity index (χ0n) is 5.07. The van der Waals surface area contributed by atoms with E-state index in [1.54, 1.807) is 0 Å². The van der Waals surface area contributed by atoms with Crippen LogP contribution < -0.4 is 0 Å². The van der Waals surface area contributed by atoms with Crippen LogP contribution in [0.4, 0.5) is 0 Å². The lowest BCUT2D eigenvalue weighted by atomic mass is 9.91. The van der Waals surface area contributed by atoms with Gasteiger partial charge in [-0.05, 0) is 25.2 Å². The fourth-order valence-electron chi connectivity index (χ4n) is 1.16. The molecule has 1 rings (SSSR count). The topological polar surface area (TPSA) is 0 Å². The molecular formula is C7H12Cl. The lowest BCUT2D eigenvalue weighted by Crippen LogP contribution is -2.07. The summed E-state index contributed by atoms with van der Waals surface area (Å²) in [5.41, 5.74) is 0. The van der Waals surface area contributed by atoms with Crippen LogP contribution in [0.2, 0.25) is 0 Å². The fourth-order valence-corrected chi connectivity index (χ4v) is 1.44. The molecule has 0 aromatic heterocycles. The first-order valence-corrected chi connectivity index (χ1v) is 3.84. The second-order valence-electron chi connectivity index (χ2n) is 2.48. The Morgan fingerprint density at radius 2 is 2.50 bits per heavy atom. The first-order valence-electron chi connectivity index (χ1n) is 3.31. The molecule has 0 spiro atoms. The fraction of sp³-hybridized carbons (Fsp3) is 0.857. The van der Waals surface area contributed by atoms with E-state index in [1.807, 2.05) is 0 Å². The highest BCUT2D eigenvalue weighted by atomic mass is 35.5. The number of alkyl halides is 1. The van der Waals surface area contributed by atoms with Crippen LogP contribution in [0.3, 0.4) is 0 Å². The van der Waals surface area contributed by atoms with E-state index >= 15 is 0 Å². The quantitative estimate of drug-likeness (QED) is 0.480. The highest BCUT2D eigenvalue weighted by Gasteiger charge is 2.10. The van der Waals surface area contributed by atoms with E-state index in [1.165, 1.54) is 25.7 Å². The van der Waals surface area contributed by atoms with Crippen molar-refractivity contribution in [2.75, 3.05) is 5.88 Å². The van der Waals surface area contributed by atoms with Gasteiger partial charge in [0.05, 0.1) is 0 Å². The predicted octanol–water partition coefficient (Wildman–Crippen LogP) is 2.62. The molecule has 0 N–H and O–H groups in total. The number of hydrogen-bond donors (Lipinski definition) is 0. The molecule has 0 aromatic carbocycles. The Morgan fingerprint density at radius 3 is 2.88 bits per heavy atom. The van der Waals surface area contributed by atoms with Gasteiger partial charge < -0.3 is 0 Å². The summed E-state index contributed by atoms with van der Waals surface area (Å²) in [4.78, 5) is 0. The highest BCUT2D eigenvalue weighted by Crippen LogP contribution is 2.23. The van der Waals surface area contributed by atoms with Gasteiger partial charge in [0.2, 0.25) is 0 Å². The van der Waals surface area contributed by atoms with Crippen LogP contribution in [-0.4, -0.2) is 5.88 Å². The molecule has 0 saturated heterocycles. The van der Waals surface area contributed by atoms with Crippen molar-refractivity contribution in [1.82, 2.24) is 0 Å². The third kappa shape index (κ3) is 1.66. The van der Waals surface area contributed by atoms with E-state index in [4.69, 9.17) is 11.6 Å². The molecule has 1 saturated carbocycles. The average molecular weight is 132 g/mol. The van der Waals surface area contributed by atoms with Crippen LogP contribution in [0, 0.1) is 12.3 Å². The van der Waals surface area contributed by atoms with Gasteiger partial charge in [0.1, 0.15) is 0 Å². The minimum absolute atomic E-state index is 0.797. The summed E-state index contributed by atoms with van der Waals surface area (Å²) in [6.07, 6.45) is 7.63. The van der Waals surface area contributed by atoms with Crippen molar-refractivity contribution in [3.63, 3.8) is 0 Å². The van der Waals surface area contributed by atoms with Crippen LogP contribution in [-0.2, 0) is 0 Å². The molecular weight excluding hydrogens is 120 g/mol. The van der Waals surface area contributed by atoms with Crippen LogP contribution in [0.1, 0.15) is 25.7 Å². The van der Waals surface area contributed by atoms with Gasteiger partial charge in [-0.1, -0.05) is 12.8 Å². The van der Waals surface area contributed by atoms with Crippen LogP contribution >= 0.6 is 11.6 Å². The van der Waals surface area contributed by atoms with Crippen molar-refractivity contribution >= 4 is 11.6 Å². The van der Waals surface area contributed by atoms with Gasteiger partial charge in [-0.15, -0.1) is 11.6 Å². The molecule has 1 atom stereocenters. The average Bonchev–Trinajstić information content (AvgIpc) is 1.90. The van der Waals surface area contributed by atoms with E-state index in [-0.39, 0.29) is 0 Å². The van der Waals surface area contributed by atoms with E-state index in [0.717, 1.165) is 11.8 Å². The first kappa shape index (κ1) is 6.41. The summed E-state index contributed by atoms with van der Waals surface area (Å²) < 4.78 is 0. The molecule has 1 unspecified atom stereocenters. The standard InChI is InChI=1S/C7H12Cl/c8-6-7-4-2-1-3-5-7/h2,7H,1,3-6H2. The number of rotatable bonds is 1. The SMILES string of the molecule is ClCC1C[CH]CCC1. The van der Waals surface area contributed by atoms with E-state index in [2.05, 4.69) is 6.42 Å². The monoisotopic (exact) mass is 131 g/mol. The second-order valence-corrected chi connectivity index (χ2v) is 2.78. The van der Waals surface area contributed by atoms with E-state index in [9.17, 15) is 0 Å². The predicted molar refractivity (Wildman–Crippen MR) is 37.0 cm³/mol. The van der Waals surface area contributed by atoms with Crippen LogP contribution in [0.25, 0.3) is 0 Å². The van der Waals surface area contributed by atoms with Crippen molar-refractivity contribution in [3.8, 4) is 0 Å². The van der Waals surface area contributed by atoms with Crippen molar-refractivity contribution in [2.24, 2.45) is 5.92 Å². The summed E-state index contributed by atoms with van der Waals surface area (Å²) in [5, 5.41) is 0. The molecule has 0 bridgehead atoms. The van der Waals surface area contributed by atoms with Gasteiger partial charge in [-0.3, -0.25) is 0 Å². The zero-order chi connectivity index (χ0) is 5.82. The second kappa shape index (κ2) is 3.34. The summed E-state index contributed by atoms with van der Waals surface area (Å²) >= 11 is 5.66. The molecule has 0 amide bonds. The molecule has 1 radical (unpaired) electrons. The van der Waals surface area contributed by atoms with E-state index in [0.29, 0.717) is 0 Å². The number of hydrogen-bond acceptors (Lipinski definition) is 0. The van der Waals surface area contributed by atoms with Gasteiger partial charge in [-0.25, -0.2) is 0 Å². The molecule has 1 aliphatic rings. The molecule has 0 nitrogen and oxygen atoms in total. The lowest BCUT2D eigenvalue weighted by Gasteiger charge is -2.17. The normalized spacial score (nSPS) is 23.6. The van der Waals surface area contributed by atoms with Crippen molar-refractivity contribution in [3.05, 3.63) is 6.42 Å². The maximum Gasteiger partial charge on any atom is 0.0251 e. The Hall–Kier alpha value is 0.290. The Kier molecular flexibility index (Phi) is 2.68. The summed E-state index contributed by atoms with van der Waals surface area (Å²) in [6.45, 7) is 0. The highest BCUT2D eigenvalue weighted by molar-refractivity contribution is 6.18. The van der Waals surface area contributed by atoms with Crippen LogP contribution in [0.15, 0.2) is 0 Å². The van der Waals surface area contributed by atoms with Gasteiger partial charge in [-0.2, -0.15) is 0 Å². The lowest BCUT2D eigenvalue weighted by molar-refractivity contribution is 0.452. The largest absolute Gasteiger partial charge is 0.126 e. The molecule has 1 heteroatoms. The van der Waals surface area contributed by atoms with Gasteiger partial charge in [0.25, 0.3) is 0 Å². The molecule has 1 aliphatic carbocycles. The van der Waals surface area contributed by atoms with Crippen molar-refractivity contribution < 1.29 is 0 Å². The smallest absolute Gasteiger partial charge is 0.0251 e. The molecule has 47 valence electrons. The maximum absolute atomic E-state index is 5.66. The Labute approximate surface area is 56.2 Å². The summed E-state index contributed by atoms with van der Waals surface area (Å²) in [5.74, 6) is 1.65. The summed E-state index contributed by atoms with van der Waals surface area (Å²) in [6, 6.07) is 0. The van der Waals surface area contributed by atoms with Gasteiger partial charge >= 0.3 is 0 Å². The van der Waals surface area contributed by atoms with Gasteiger partial charge in [0, 0.05) is 5.88 Å². The van der Waals surface area contributed by atoms with Crippen LogP contribution in [0.5, 0.6) is 0 Å². The number of halogens is 1. The first-order chi connectivity index (χ1) is 3.93. The van der Waals surface area contributed by atoms with Gasteiger partial charge in [0.15, 0.2) is 0 Å². The zero-order valence-corrected chi connectivity index (χ0v) is 5.82. The van der Waals surface area contributed by atoms with Crippen molar-refractivity contribution in [1.29, 1.82) is 0 Å².